The first-order chi connectivity index (χ1) is 9.75. The third-order valence-corrected chi connectivity index (χ3v) is 3.63. The van der Waals surface area contributed by atoms with Crippen LogP contribution < -0.4 is 4.90 Å². The molecule has 0 aromatic heterocycles. The lowest BCUT2D eigenvalue weighted by molar-refractivity contribution is -0.384. The molecule has 8 nitrogen and oxygen atoms in total. The van der Waals surface area contributed by atoms with E-state index >= 15 is 0 Å². The largest absolute Gasteiger partial charge is 0.478 e. The van der Waals surface area contributed by atoms with Gasteiger partial charge < -0.3 is 5.11 Å². The van der Waals surface area contributed by atoms with Gasteiger partial charge in [0.1, 0.15) is 0 Å². The van der Waals surface area contributed by atoms with Crippen molar-refractivity contribution in [1.82, 2.24) is 0 Å². The number of benzene rings is 1. The third kappa shape index (κ3) is 2.24. The molecule has 1 fully saturated rings. The Bertz CT molecular complexity index is 649. The van der Waals surface area contributed by atoms with Crippen LogP contribution in [0.3, 0.4) is 0 Å². The molecule has 1 heterocycles. The van der Waals surface area contributed by atoms with Crippen LogP contribution in [0.2, 0.25) is 0 Å². The monoisotopic (exact) mass is 292 g/mol. The van der Waals surface area contributed by atoms with Gasteiger partial charge in [0.15, 0.2) is 0 Å². The summed E-state index contributed by atoms with van der Waals surface area (Å²) in [5.74, 6) is -3.68. The molecule has 1 N–H and O–H groups in total. The Morgan fingerprint density at radius 2 is 1.76 bits per heavy atom. The maximum Gasteiger partial charge on any atom is 0.337 e. The lowest BCUT2D eigenvalue weighted by atomic mass is 10.00. The maximum absolute atomic E-state index is 12.1. The Morgan fingerprint density at radius 1 is 1.24 bits per heavy atom. The predicted molar refractivity (Wildman–Crippen MR) is 70.9 cm³/mol. The van der Waals surface area contributed by atoms with Crippen molar-refractivity contribution >= 4 is 29.2 Å². The Hall–Kier alpha value is -2.77. The van der Waals surface area contributed by atoms with Crippen LogP contribution in [0.1, 0.15) is 24.2 Å². The lowest BCUT2D eigenvalue weighted by Crippen LogP contribution is -2.32. The van der Waals surface area contributed by atoms with Crippen LogP contribution in [0.15, 0.2) is 18.2 Å². The van der Waals surface area contributed by atoms with E-state index in [1.807, 2.05) is 0 Å². The van der Waals surface area contributed by atoms with E-state index in [9.17, 15) is 24.5 Å². The van der Waals surface area contributed by atoms with Crippen LogP contribution >= 0.6 is 0 Å². The highest BCUT2D eigenvalue weighted by atomic mass is 16.6. The molecule has 2 amide bonds. The molecule has 0 spiro atoms. The summed E-state index contributed by atoms with van der Waals surface area (Å²) >= 11 is 0. The summed E-state index contributed by atoms with van der Waals surface area (Å²) in [5.41, 5.74) is -0.977. The number of anilines is 1. The number of imide groups is 1. The Morgan fingerprint density at radius 3 is 2.19 bits per heavy atom. The SMILES string of the molecule is CC1C(=O)N(c2cc([N+](=O)[O-])ccc2C(=O)O)C(=O)C1C. The number of nitro groups is 1. The number of carbonyl (C=O) groups is 3. The number of hydrogen-bond acceptors (Lipinski definition) is 5. The van der Waals surface area contributed by atoms with Crippen molar-refractivity contribution in [1.29, 1.82) is 0 Å². The zero-order chi connectivity index (χ0) is 15.9. The molecule has 0 bridgehead atoms. The second kappa shape index (κ2) is 4.97. The fourth-order valence-corrected chi connectivity index (χ4v) is 2.18. The standard InChI is InChI=1S/C13H12N2O6/c1-6-7(2)12(17)14(11(6)16)10-5-8(15(20)21)3-4-9(10)13(18)19/h3-7H,1-2H3,(H,18,19). The molecule has 0 aliphatic carbocycles. The third-order valence-electron chi connectivity index (χ3n) is 3.63. The molecule has 1 aromatic rings. The fraction of sp³-hybridized carbons (Fsp3) is 0.308. The van der Waals surface area contributed by atoms with Crippen LogP contribution in [0.4, 0.5) is 11.4 Å². The number of nitro benzene ring substituents is 1. The minimum atomic E-state index is -1.37. The van der Waals surface area contributed by atoms with Gasteiger partial charge in [0.25, 0.3) is 5.69 Å². The lowest BCUT2D eigenvalue weighted by Gasteiger charge is -2.16. The van der Waals surface area contributed by atoms with Crippen LogP contribution in [-0.2, 0) is 9.59 Å². The van der Waals surface area contributed by atoms with Gasteiger partial charge in [-0.2, -0.15) is 0 Å². The summed E-state index contributed by atoms with van der Waals surface area (Å²) in [6, 6.07) is 2.97. The molecular weight excluding hydrogens is 280 g/mol. The van der Waals surface area contributed by atoms with Gasteiger partial charge in [-0.25, -0.2) is 9.69 Å². The second-order valence-corrected chi connectivity index (χ2v) is 4.85. The van der Waals surface area contributed by atoms with Gasteiger partial charge in [0, 0.05) is 24.0 Å². The molecule has 2 unspecified atom stereocenters. The molecule has 110 valence electrons. The summed E-state index contributed by atoms with van der Waals surface area (Å²) in [6.45, 7) is 3.12. The van der Waals surface area contributed by atoms with Crippen molar-refractivity contribution in [3.63, 3.8) is 0 Å². The Balaban J connectivity index is 2.63. The summed E-state index contributed by atoms with van der Waals surface area (Å²) in [6.07, 6.45) is 0. The van der Waals surface area contributed by atoms with Gasteiger partial charge in [-0.3, -0.25) is 19.7 Å². The molecule has 0 radical (unpaired) electrons. The average Bonchev–Trinajstić information content (AvgIpc) is 2.62. The zero-order valence-electron chi connectivity index (χ0n) is 11.3. The van der Waals surface area contributed by atoms with Gasteiger partial charge >= 0.3 is 5.97 Å². The van der Waals surface area contributed by atoms with E-state index in [0.717, 1.165) is 23.1 Å². The van der Waals surface area contributed by atoms with Crippen molar-refractivity contribution in [3.05, 3.63) is 33.9 Å². The summed E-state index contributed by atoms with van der Waals surface area (Å²) in [5, 5.41) is 20.0. The molecule has 0 saturated carbocycles. The molecular formula is C13H12N2O6. The highest BCUT2D eigenvalue weighted by molar-refractivity contribution is 6.23. The number of nitrogens with zero attached hydrogens (tertiary/aromatic N) is 2. The van der Waals surface area contributed by atoms with E-state index in [1.54, 1.807) is 13.8 Å². The average molecular weight is 292 g/mol. The number of aromatic carboxylic acids is 1. The minimum Gasteiger partial charge on any atom is -0.478 e. The van der Waals surface area contributed by atoms with E-state index in [1.165, 1.54) is 0 Å². The summed E-state index contributed by atoms with van der Waals surface area (Å²) in [4.78, 5) is 46.3. The van der Waals surface area contributed by atoms with Crippen molar-refractivity contribution in [2.24, 2.45) is 11.8 Å². The smallest absolute Gasteiger partial charge is 0.337 e. The molecule has 1 aromatic carbocycles. The predicted octanol–water partition coefficient (Wildman–Crippen LogP) is 1.44. The fourth-order valence-electron chi connectivity index (χ4n) is 2.18. The molecule has 2 atom stereocenters. The van der Waals surface area contributed by atoms with E-state index in [2.05, 4.69) is 0 Å². The van der Waals surface area contributed by atoms with Gasteiger partial charge in [0.2, 0.25) is 11.8 Å². The number of carboxylic acid groups (broad SMARTS) is 1. The molecule has 21 heavy (non-hydrogen) atoms. The number of rotatable bonds is 3. The highest BCUT2D eigenvalue weighted by Gasteiger charge is 2.44. The minimum absolute atomic E-state index is 0.261. The number of hydrogen-bond donors (Lipinski definition) is 1. The topological polar surface area (TPSA) is 118 Å². The van der Waals surface area contributed by atoms with Crippen LogP contribution in [0.25, 0.3) is 0 Å². The number of carboxylic acids is 1. The second-order valence-electron chi connectivity index (χ2n) is 4.85. The number of carbonyl (C=O) groups excluding carboxylic acids is 2. The van der Waals surface area contributed by atoms with Gasteiger partial charge in [-0.1, -0.05) is 13.8 Å². The molecule has 8 heteroatoms. The van der Waals surface area contributed by atoms with E-state index in [0.29, 0.717) is 0 Å². The van der Waals surface area contributed by atoms with E-state index < -0.39 is 34.5 Å². The highest BCUT2D eigenvalue weighted by Crippen LogP contribution is 2.34. The van der Waals surface area contributed by atoms with E-state index in [-0.39, 0.29) is 16.9 Å². The number of amides is 2. The van der Waals surface area contributed by atoms with Crippen molar-refractivity contribution in [2.45, 2.75) is 13.8 Å². The molecule has 2 rings (SSSR count). The van der Waals surface area contributed by atoms with Gasteiger partial charge in [-0.15, -0.1) is 0 Å². The Labute approximate surface area is 119 Å². The van der Waals surface area contributed by atoms with Crippen LogP contribution in [0.5, 0.6) is 0 Å². The maximum atomic E-state index is 12.1. The van der Waals surface area contributed by atoms with E-state index in [4.69, 9.17) is 5.11 Å². The summed E-state index contributed by atoms with van der Waals surface area (Å²) in [7, 11) is 0. The molecule has 1 aliphatic heterocycles. The first kappa shape index (κ1) is 14.6. The van der Waals surface area contributed by atoms with Gasteiger partial charge in [-0.05, 0) is 6.07 Å². The summed E-state index contributed by atoms with van der Waals surface area (Å²) < 4.78 is 0. The first-order valence-corrected chi connectivity index (χ1v) is 6.15. The Kier molecular flexibility index (Phi) is 3.46. The first-order valence-electron chi connectivity index (χ1n) is 6.15. The molecule has 1 aliphatic rings. The normalized spacial score (nSPS) is 21.7. The van der Waals surface area contributed by atoms with Crippen molar-refractivity contribution in [2.75, 3.05) is 4.90 Å². The zero-order valence-corrected chi connectivity index (χ0v) is 11.3. The van der Waals surface area contributed by atoms with Crippen molar-refractivity contribution < 1.29 is 24.4 Å². The van der Waals surface area contributed by atoms with Crippen LogP contribution in [-0.4, -0.2) is 27.8 Å². The number of non-ortho nitro benzene ring substituents is 1. The quantitative estimate of drug-likeness (QED) is 0.511. The van der Waals surface area contributed by atoms with Crippen LogP contribution in [0, 0.1) is 22.0 Å². The van der Waals surface area contributed by atoms with Gasteiger partial charge in [0.05, 0.1) is 16.2 Å². The molecule has 1 saturated heterocycles. The van der Waals surface area contributed by atoms with Crippen molar-refractivity contribution in [3.8, 4) is 0 Å².